The Hall–Kier alpha value is -2.87. The van der Waals surface area contributed by atoms with Crippen molar-refractivity contribution in [3.05, 3.63) is 47.5 Å². The van der Waals surface area contributed by atoms with Crippen molar-refractivity contribution in [2.45, 2.75) is 37.4 Å². The van der Waals surface area contributed by atoms with E-state index in [0.717, 1.165) is 10.4 Å². The van der Waals surface area contributed by atoms with Gasteiger partial charge in [0.2, 0.25) is 17.8 Å². The first-order valence-corrected chi connectivity index (χ1v) is 12.8. The number of carbonyl (C=O) groups excluding carboxylic acids is 2. The maximum absolute atomic E-state index is 13.4. The lowest BCUT2D eigenvalue weighted by Crippen LogP contribution is -2.63. The van der Waals surface area contributed by atoms with E-state index in [0.29, 0.717) is 31.9 Å². The summed E-state index contributed by atoms with van der Waals surface area (Å²) in [5.74, 6) is -1.19. The predicted octanol–water partition coefficient (Wildman–Crippen LogP) is 0.900. The molecule has 3 heterocycles. The fraction of sp³-hybridized carbons (Fsp3) is 0.429. The average molecular weight is 526 g/mol. The Morgan fingerprint density at radius 3 is 2.51 bits per heavy atom. The van der Waals surface area contributed by atoms with Crippen molar-refractivity contribution in [3.63, 3.8) is 0 Å². The summed E-state index contributed by atoms with van der Waals surface area (Å²) in [5, 5.41) is 5.25. The zero-order valence-electron chi connectivity index (χ0n) is 18.8. The van der Waals surface area contributed by atoms with Crippen LogP contribution in [0.2, 0.25) is 5.02 Å². The molecule has 35 heavy (non-hydrogen) atoms. The van der Waals surface area contributed by atoms with Crippen molar-refractivity contribution in [3.8, 4) is 0 Å². The van der Waals surface area contributed by atoms with Gasteiger partial charge in [-0.25, -0.2) is 14.4 Å². The van der Waals surface area contributed by atoms with Gasteiger partial charge in [0, 0.05) is 44.3 Å². The minimum atomic E-state index is -4.09. The number of carbonyl (C=O) groups is 2. The number of aromatic nitrogens is 2. The minimum Gasteiger partial charge on any atom is -0.352 e. The number of nitrogens with one attached hydrogen (secondary N) is 3. The van der Waals surface area contributed by atoms with Crippen LogP contribution in [0.3, 0.4) is 0 Å². The van der Waals surface area contributed by atoms with Gasteiger partial charge < -0.3 is 15.5 Å². The van der Waals surface area contributed by atoms with Crippen molar-refractivity contribution in [2.75, 3.05) is 30.4 Å². The third-order valence-corrected chi connectivity index (χ3v) is 7.94. The topological polar surface area (TPSA) is 137 Å². The molecule has 0 saturated carbocycles. The number of anilines is 2. The van der Waals surface area contributed by atoms with Crippen LogP contribution in [0.4, 0.5) is 16.0 Å². The van der Waals surface area contributed by atoms with Gasteiger partial charge in [-0.2, -0.15) is 17.4 Å². The van der Waals surface area contributed by atoms with Crippen LogP contribution in [0.15, 0.2) is 36.7 Å². The van der Waals surface area contributed by atoms with Crippen molar-refractivity contribution < 1.29 is 22.4 Å². The van der Waals surface area contributed by atoms with Crippen LogP contribution in [0, 0.1) is 5.82 Å². The van der Waals surface area contributed by atoms with Crippen LogP contribution < -0.4 is 20.3 Å². The number of hydrogen-bond acceptors (Lipinski definition) is 7. The maximum atomic E-state index is 13.4. The van der Waals surface area contributed by atoms with Gasteiger partial charge in [0.15, 0.2) is 0 Å². The molecule has 1 aromatic heterocycles. The van der Waals surface area contributed by atoms with E-state index in [2.05, 4.69) is 25.3 Å². The van der Waals surface area contributed by atoms with Crippen LogP contribution in [0.25, 0.3) is 0 Å². The monoisotopic (exact) mass is 525 g/mol. The summed E-state index contributed by atoms with van der Waals surface area (Å²) in [7, 11) is -2.84. The number of likely N-dealkylation sites (N-methyl/N-ethyl adjacent to an activating group) is 1. The molecular formula is C21H25ClFN7O4S. The molecular weight excluding hydrogens is 501 g/mol. The Labute approximate surface area is 207 Å². The lowest BCUT2D eigenvalue weighted by molar-refractivity contribution is -0.125. The number of hydrogen-bond donors (Lipinski definition) is 3. The molecule has 0 bridgehead atoms. The van der Waals surface area contributed by atoms with E-state index in [1.54, 1.807) is 18.5 Å². The van der Waals surface area contributed by atoms with Crippen LogP contribution >= 0.6 is 11.6 Å². The fourth-order valence-electron chi connectivity index (χ4n) is 4.06. The van der Waals surface area contributed by atoms with E-state index >= 15 is 0 Å². The Morgan fingerprint density at radius 1 is 1.17 bits per heavy atom. The standard InChI is InChI=1S/C21H25ClFN7O4S/c1-29-18(20(32)27-14-3-4-16(23)15(22)11-14)12-17(28-35(29,33)34)19(31)26-13-5-9-30(10-6-13)21-24-7-2-8-25-21/h2-4,7-8,11,13,17-18,28H,5-6,9-10,12H2,1H3,(H,26,31)(H,27,32). The highest BCUT2D eigenvalue weighted by Crippen LogP contribution is 2.23. The second-order valence-corrected chi connectivity index (χ2v) is 10.5. The van der Waals surface area contributed by atoms with Gasteiger partial charge in [-0.3, -0.25) is 9.59 Å². The van der Waals surface area contributed by atoms with Crippen molar-refractivity contribution in [1.82, 2.24) is 24.3 Å². The molecule has 14 heteroatoms. The van der Waals surface area contributed by atoms with Crippen molar-refractivity contribution in [2.24, 2.45) is 0 Å². The van der Waals surface area contributed by atoms with E-state index in [-0.39, 0.29) is 23.2 Å². The number of halogens is 2. The molecule has 2 unspecified atom stereocenters. The van der Waals surface area contributed by atoms with E-state index in [4.69, 9.17) is 11.6 Å². The number of nitrogens with zero attached hydrogens (tertiary/aromatic N) is 4. The third-order valence-electron chi connectivity index (χ3n) is 6.05. The van der Waals surface area contributed by atoms with E-state index < -0.39 is 39.9 Å². The lowest BCUT2D eigenvalue weighted by atomic mass is 10.0. The molecule has 2 fully saturated rings. The zero-order valence-corrected chi connectivity index (χ0v) is 20.4. The van der Waals surface area contributed by atoms with Crippen LogP contribution in [0.1, 0.15) is 19.3 Å². The summed E-state index contributed by atoms with van der Waals surface area (Å²) in [5.41, 5.74) is 0.209. The average Bonchev–Trinajstić information content (AvgIpc) is 2.84. The number of piperidine rings is 1. The van der Waals surface area contributed by atoms with Crippen LogP contribution in [0.5, 0.6) is 0 Å². The van der Waals surface area contributed by atoms with Gasteiger partial charge in [-0.05, 0) is 43.5 Å². The van der Waals surface area contributed by atoms with Gasteiger partial charge in [-0.15, -0.1) is 0 Å². The molecule has 4 rings (SSSR count). The molecule has 2 atom stereocenters. The highest BCUT2D eigenvalue weighted by atomic mass is 35.5. The molecule has 2 aromatic rings. The first-order valence-electron chi connectivity index (χ1n) is 11.0. The normalized spacial score (nSPS) is 23.0. The SMILES string of the molecule is CN1C(C(=O)Nc2ccc(F)c(Cl)c2)CC(C(=O)NC2CCN(c3ncccn3)CC2)NS1(=O)=O. The van der Waals surface area contributed by atoms with Crippen LogP contribution in [-0.4, -0.2) is 72.8 Å². The second kappa shape index (κ2) is 10.4. The molecule has 2 saturated heterocycles. The van der Waals surface area contributed by atoms with E-state index in [1.165, 1.54) is 19.2 Å². The lowest BCUT2D eigenvalue weighted by Gasteiger charge is -2.37. The summed E-state index contributed by atoms with van der Waals surface area (Å²) >= 11 is 5.75. The summed E-state index contributed by atoms with van der Waals surface area (Å²) in [4.78, 5) is 36.3. The molecule has 2 aliphatic rings. The van der Waals surface area contributed by atoms with Gasteiger partial charge in [-0.1, -0.05) is 11.6 Å². The van der Waals surface area contributed by atoms with E-state index in [1.807, 2.05) is 4.90 Å². The Kier molecular flexibility index (Phi) is 7.50. The molecule has 11 nitrogen and oxygen atoms in total. The predicted molar refractivity (Wildman–Crippen MR) is 127 cm³/mol. The Morgan fingerprint density at radius 2 is 1.86 bits per heavy atom. The zero-order chi connectivity index (χ0) is 25.2. The molecule has 0 aliphatic carbocycles. The number of amides is 2. The molecule has 1 aromatic carbocycles. The Balaban J connectivity index is 1.38. The largest absolute Gasteiger partial charge is 0.352 e. The first-order chi connectivity index (χ1) is 16.6. The molecule has 2 amide bonds. The van der Waals surface area contributed by atoms with E-state index in [9.17, 15) is 22.4 Å². The molecule has 188 valence electrons. The quantitative estimate of drug-likeness (QED) is 0.527. The molecule has 0 spiro atoms. The Bertz CT molecular complexity index is 1200. The maximum Gasteiger partial charge on any atom is 0.280 e. The molecule has 0 radical (unpaired) electrons. The summed E-state index contributed by atoms with van der Waals surface area (Å²) in [6, 6.07) is 2.93. The van der Waals surface area contributed by atoms with Crippen molar-refractivity contribution >= 4 is 45.3 Å². The fourth-order valence-corrected chi connectivity index (χ4v) is 5.49. The van der Waals surface area contributed by atoms with Gasteiger partial charge in [0.1, 0.15) is 17.9 Å². The van der Waals surface area contributed by atoms with Crippen LogP contribution in [-0.2, 0) is 19.8 Å². The first kappa shape index (κ1) is 25.2. The number of benzene rings is 1. The minimum absolute atomic E-state index is 0.0843. The molecule has 3 N–H and O–H groups in total. The van der Waals surface area contributed by atoms with Gasteiger partial charge in [0.25, 0.3) is 10.2 Å². The number of rotatable bonds is 5. The highest BCUT2D eigenvalue weighted by Gasteiger charge is 2.43. The van der Waals surface area contributed by atoms with Crippen molar-refractivity contribution in [1.29, 1.82) is 0 Å². The van der Waals surface area contributed by atoms with Gasteiger partial charge >= 0.3 is 0 Å². The highest BCUT2D eigenvalue weighted by molar-refractivity contribution is 7.87. The summed E-state index contributed by atoms with van der Waals surface area (Å²) < 4.78 is 41.8. The third kappa shape index (κ3) is 5.86. The smallest absolute Gasteiger partial charge is 0.280 e. The second-order valence-electron chi connectivity index (χ2n) is 8.38. The summed E-state index contributed by atoms with van der Waals surface area (Å²) in [6.45, 7) is 1.28. The van der Waals surface area contributed by atoms with Gasteiger partial charge in [0.05, 0.1) is 5.02 Å². The molecule has 2 aliphatic heterocycles. The summed E-state index contributed by atoms with van der Waals surface area (Å²) in [6.07, 6.45) is 4.52.